The fourth-order valence-corrected chi connectivity index (χ4v) is 5.19. The van der Waals surface area contributed by atoms with E-state index in [2.05, 4.69) is 27.0 Å². The molecule has 3 aromatic carbocycles. The van der Waals surface area contributed by atoms with E-state index in [-0.39, 0.29) is 5.91 Å². The second-order valence-electron chi connectivity index (χ2n) is 10.1. The molecule has 1 heterocycles. The molecule has 1 aliphatic rings. The Kier molecular flexibility index (Phi) is 8.16. The van der Waals surface area contributed by atoms with Crippen LogP contribution in [0.1, 0.15) is 44.1 Å². The number of anilines is 1. The number of aromatic nitrogens is 2. The highest BCUT2D eigenvalue weighted by atomic mass is 16.5. The van der Waals surface area contributed by atoms with Gasteiger partial charge in [-0.25, -0.2) is 0 Å². The van der Waals surface area contributed by atoms with Gasteiger partial charge in [0.05, 0.1) is 18.1 Å². The molecule has 1 saturated carbocycles. The topological polar surface area (TPSA) is 59.4 Å². The lowest BCUT2D eigenvalue weighted by Crippen LogP contribution is -2.34. The molecule has 0 saturated heterocycles. The molecule has 0 aliphatic heterocycles. The van der Waals surface area contributed by atoms with Gasteiger partial charge in [0.25, 0.3) is 0 Å². The number of amides is 1. The van der Waals surface area contributed by atoms with E-state index >= 15 is 0 Å². The largest absolute Gasteiger partial charge is 0.457 e. The number of carbonyl (C=O) groups is 1. The normalized spacial score (nSPS) is 14.2. The molecule has 1 aromatic heterocycles. The Morgan fingerprint density at radius 3 is 2.54 bits per heavy atom. The molecular formula is C31H36N4O2. The summed E-state index contributed by atoms with van der Waals surface area (Å²) in [6, 6.07) is 24.1. The zero-order chi connectivity index (χ0) is 25.5. The van der Waals surface area contributed by atoms with Gasteiger partial charge in [0.2, 0.25) is 5.91 Å². The van der Waals surface area contributed by atoms with Crippen molar-refractivity contribution in [3.05, 3.63) is 84.6 Å². The predicted molar refractivity (Wildman–Crippen MR) is 149 cm³/mol. The fourth-order valence-electron chi connectivity index (χ4n) is 5.19. The maximum absolute atomic E-state index is 12.7. The van der Waals surface area contributed by atoms with Gasteiger partial charge in [-0.2, -0.15) is 5.10 Å². The summed E-state index contributed by atoms with van der Waals surface area (Å²) in [6.07, 6.45) is 10.0. The van der Waals surface area contributed by atoms with E-state index in [9.17, 15) is 4.79 Å². The van der Waals surface area contributed by atoms with E-state index < -0.39 is 0 Å². The molecule has 0 atom stereocenters. The van der Waals surface area contributed by atoms with Crippen LogP contribution < -0.4 is 10.1 Å². The van der Waals surface area contributed by atoms with Crippen LogP contribution >= 0.6 is 0 Å². The SMILES string of the molecule is CN(CCCn1ncc2ccc(NC(=O)Cc3ccc(Oc4ccccc4)cc3)cc21)C1CCCCC1. The lowest BCUT2D eigenvalue weighted by Gasteiger charge is -2.31. The Morgan fingerprint density at radius 2 is 1.76 bits per heavy atom. The summed E-state index contributed by atoms with van der Waals surface area (Å²) >= 11 is 0. The third-order valence-corrected chi connectivity index (χ3v) is 7.27. The molecule has 4 aromatic rings. The summed E-state index contributed by atoms with van der Waals surface area (Å²) in [5.41, 5.74) is 2.79. The number of nitrogens with one attached hydrogen (secondary N) is 1. The maximum atomic E-state index is 12.7. The van der Waals surface area contributed by atoms with Gasteiger partial charge >= 0.3 is 0 Å². The van der Waals surface area contributed by atoms with Crippen LogP contribution in [0.25, 0.3) is 10.9 Å². The molecule has 37 heavy (non-hydrogen) atoms. The number of rotatable bonds is 10. The van der Waals surface area contributed by atoms with Crippen molar-refractivity contribution in [1.82, 2.24) is 14.7 Å². The van der Waals surface area contributed by atoms with Crippen LogP contribution in [0.15, 0.2) is 79.0 Å². The first kappa shape index (κ1) is 25.0. The average Bonchev–Trinajstić information content (AvgIpc) is 3.33. The average molecular weight is 497 g/mol. The van der Waals surface area contributed by atoms with Crippen LogP contribution in [-0.4, -0.2) is 40.2 Å². The standard InChI is InChI=1S/C31H36N4O2/c1-34(27-9-4-2-5-10-27)19-8-20-35-30-22-26(16-15-25(30)23-32-35)33-31(36)21-24-13-17-29(18-14-24)37-28-11-6-3-7-12-28/h3,6-7,11-18,22-23,27H,2,4-5,8-10,19-21H2,1H3,(H,33,36). The number of ether oxygens (including phenoxy) is 1. The molecule has 6 nitrogen and oxygen atoms in total. The van der Waals surface area contributed by atoms with Crippen LogP contribution in [0.3, 0.4) is 0 Å². The van der Waals surface area contributed by atoms with Gasteiger partial charge in [0.1, 0.15) is 11.5 Å². The van der Waals surface area contributed by atoms with Crippen molar-refractivity contribution >= 4 is 22.5 Å². The van der Waals surface area contributed by atoms with Crippen molar-refractivity contribution in [2.24, 2.45) is 0 Å². The summed E-state index contributed by atoms with van der Waals surface area (Å²) in [4.78, 5) is 15.3. The first-order valence-electron chi connectivity index (χ1n) is 13.4. The lowest BCUT2D eigenvalue weighted by molar-refractivity contribution is -0.115. The van der Waals surface area contributed by atoms with Crippen LogP contribution in [0.2, 0.25) is 0 Å². The van der Waals surface area contributed by atoms with Gasteiger partial charge in [-0.05, 0) is 80.9 Å². The highest BCUT2D eigenvalue weighted by molar-refractivity contribution is 5.94. The Hall–Kier alpha value is -3.64. The van der Waals surface area contributed by atoms with Crippen molar-refractivity contribution in [1.29, 1.82) is 0 Å². The Bertz CT molecular complexity index is 1290. The van der Waals surface area contributed by atoms with Gasteiger partial charge in [-0.15, -0.1) is 0 Å². The Morgan fingerprint density at radius 1 is 1.00 bits per heavy atom. The van der Waals surface area contributed by atoms with Gasteiger partial charge in [-0.3, -0.25) is 9.48 Å². The van der Waals surface area contributed by atoms with E-state index in [1.165, 1.54) is 32.1 Å². The highest BCUT2D eigenvalue weighted by Gasteiger charge is 2.17. The van der Waals surface area contributed by atoms with E-state index in [1.54, 1.807) is 0 Å². The minimum absolute atomic E-state index is 0.0451. The minimum atomic E-state index is -0.0451. The van der Waals surface area contributed by atoms with Crippen molar-refractivity contribution in [3.63, 3.8) is 0 Å². The minimum Gasteiger partial charge on any atom is -0.457 e. The lowest BCUT2D eigenvalue weighted by atomic mass is 9.94. The van der Waals surface area contributed by atoms with E-state index in [0.717, 1.165) is 59.2 Å². The maximum Gasteiger partial charge on any atom is 0.228 e. The van der Waals surface area contributed by atoms with Gasteiger partial charge < -0.3 is 15.0 Å². The van der Waals surface area contributed by atoms with Gasteiger partial charge in [-0.1, -0.05) is 49.6 Å². The number of fused-ring (bicyclic) bond motifs is 1. The summed E-state index contributed by atoms with van der Waals surface area (Å²) < 4.78 is 7.90. The number of benzene rings is 3. The molecule has 0 unspecified atom stereocenters. The summed E-state index contributed by atoms with van der Waals surface area (Å²) in [5, 5.41) is 8.75. The second kappa shape index (κ2) is 12.1. The number of nitrogens with zero attached hydrogens (tertiary/aromatic N) is 3. The van der Waals surface area contributed by atoms with Crippen molar-refractivity contribution in [2.75, 3.05) is 18.9 Å². The molecule has 1 amide bonds. The smallest absolute Gasteiger partial charge is 0.228 e. The number of para-hydroxylation sites is 1. The zero-order valence-electron chi connectivity index (χ0n) is 21.6. The summed E-state index contributed by atoms with van der Waals surface area (Å²) in [5.74, 6) is 1.49. The Balaban J connectivity index is 1.14. The molecule has 0 radical (unpaired) electrons. The Labute approximate surface area is 219 Å². The quantitative estimate of drug-likeness (QED) is 0.267. The molecule has 192 valence electrons. The van der Waals surface area contributed by atoms with E-state index in [1.807, 2.05) is 79.0 Å². The molecule has 1 fully saturated rings. The van der Waals surface area contributed by atoms with Crippen LogP contribution in [0, 0.1) is 0 Å². The first-order chi connectivity index (χ1) is 18.1. The molecule has 1 aliphatic carbocycles. The van der Waals surface area contributed by atoms with Crippen molar-refractivity contribution < 1.29 is 9.53 Å². The zero-order valence-corrected chi connectivity index (χ0v) is 21.6. The monoisotopic (exact) mass is 496 g/mol. The number of hydrogen-bond donors (Lipinski definition) is 1. The third-order valence-electron chi connectivity index (χ3n) is 7.27. The van der Waals surface area contributed by atoms with Crippen molar-refractivity contribution in [2.45, 2.75) is 57.5 Å². The van der Waals surface area contributed by atoms with Crippen LogP contribution in [-0.2, 0) is 17.8 Å². The fraction of sp³-hybridized carbons (Fsp3) is 0.355. The molecule has 0 spiro atoms. The number of hydrogen-bond acceptors (Lipinski definition) is 4. The summed E-state index contributed by atoms with van der Waals surface area (Å²) in [6.45, 7) is 1.95. The van der Waals surface area contributed by atoms with Crippen LogP contribution in [0.5, 0.6) is 11.5 Å². The molecule has 6 heteroatoms. The van der Waals surface area contributed by atoms with Gasteiger partial charge in [0, 0.05) is 23.7 Å². The number of aryl methyl sites for hydroxylation is 1. The molecule has 1 N–H and O–H groups in total. The first-order valence-corrected chi connectivity index (χ1v) is 13.4. The molecular weight excluding hydrogens is 460 g/mol. The van der Waals surface area contributed by atoms with Crippen LogP contribution in [0.4, 0.5) is 5.69 Å². The van der Waals surface area contributed by atoms with Crippen molar-refractivity contribution in [3.8, 4) is 11.5 Å². The third kappa shape index (κ3) is 6.77. The highest BCUT2D eigenvalue weighted by Crippen LogP contribution is 2.24. The molecule has 0 bridgehead atoms. The number of carbonyl (C=O) groups excluding carboxylic acids is 1. The van der Waals surface area contributed by atoms with E-state index in [0.29, 0.717) is 6.42 Å². The van der Waals surface area contributed by atoms with E-state index in [4.69, 9.17) is 4.74 Å². The second-order valence-corrected chi connectivity index (χ2v) is 10.1. The van der Waals surface area contributed by atoms with Gasteiger partial charge in [0.15, 0.2) is 0 Å². The molecule has 5 rings (SSSR count). The summed E-state index contributed by atoms with van der Waals surface area (Å²) in [7, 11) is 2.26. The predicted octanol–water partition coefficient (Wildman–Crippen LogP) is 6.66.